The van der Waals surface area contributed by atoms with Crippen LogP contribution >= 0.6 is 0 Å². The molecule has 1 aromatic rings. The van der Waals surface area contributed by atoms with E-state index in [1.54, 1.807) is 12.1 Å². The van der Waals surface area contributed by atoms with Crippen molar-refractivity contribution in [3.8, 4) is 0 Å². The van der Waals surface area contributed by atoms with Crippen LogP contribution in [0.25, 0.3) is 0 Å². The number of nitrogens with one attached hydrogen (secondary N) is 2. The van der Waals surface area contributed by atoms with E-state index in [1.165, 1.54) is 12.1 Å². The third kappa shape index (κ3) is 4.22. The molecular weight excluding hydrogens is 238 g/mol. The number of benzene rings is 1. The summed E-state index contributed by atoms with van der Waals surface area (Å²) in [6, 6.07) is 6.29. The largest absolute Gasteiger partial charge is 0.480 e. The predicted octanol–water partition coefficient (Wildman–Crippen LogP) is -0.602. The number of carboxylic acid groups (broad SMARTS) is 1. The Hall–Kier alpha value is -2.41. The molecule has 0 radical (unpaired) electrons. The summed E-state index contributed by atoms with van der Waals surface area (Å²) in [5, 5.41) is 13.3. The molecule has 2 amide bonds. The lowest BCUT2D eigenvalue weighted by atomic mass is 10.1. The number of rotatable bonds is 6. The zero-order chi connectivity index (χ0) is 13.5. The highest BCUT2D eigenvalue weighted by Gasteiger charge is 2.10. The van der Waals surface area contributed by atoms with Gasteiger partial charge >= 0.3 is 5.97 Å². The first-order valence-corrected chi connectivity index (χ1v) is 5.12. The van der Waals surface area contributed by atoms with Gasteiger partial charge < -0.3 is 16.2 Å². The molecule has 0 bridgehead atoms. The quantitative estimate of drug-likeness (QED) is 0.537. The van der Waals surface area contributed by atoms with E-state index in [4.69, 9.17) is 10.8 Å². The molecule has 1 aromatic carbocycles. The Kier molecular flexibility index (Phi) is 4.82. The van der Waals surface area contributed by atoms with Crippen LogP contribution in [0.5, 0.6) is 0 Å². The highest BCUT2D eigenvalue weighted by Crippen LogP contribution is 2.13. The van der Waals surface area contributed by atoms with E-state index >= 15 is 0 Å². The smallest absolute Gasteiger partial charge is 0.317 e. The Balaban J connectivity index is 2.59. The number of amides is 2. The van der Waals surface area contributed by atoms with Gasteiger partial charge in [-0.15, -0.1) is 0 Å². The van der Waals surface area contributed by atoms with Gasteiger partial charge in [0, 0.05) is 0 Å². The summed E-state index contributed by atoms with van der Waals surface area (Å²) < 4.78 is 0. The van der Waals surface area contributed by atoms with Crippen LogP contribution in [-0.4, -0.2) is 36.0 Å². The number of nitrogens with two attached hydrogens (primary N) is 1. The minimum absolute atomic E-state index is 0.167. The summed E-state index contributed by atoms with van der Waals surface area (Å²) in [4.78, 5) is 32.8. The summed E-state index contributed by atoms with van der Waals surface area (Å²) in [7, 11) is 0. The SMILES string of the molecule is NC(=O)c1ccccc1NC(=O)CNCC(=O)O. The molecule has 0 aliphatic heterocycles. The van der Waals surface area contributed by atoms with Crippen LogP contribution in [0.3, 0.4) is 0 Å². The molecule has 5 N–H and O–H groups in total. The van der Waals surface area contributed by atoms with Crippen LogP contribution in [0.2, 0.25) is 0 Å². The van der Waals surface area contributed by atoms with E-state index in [1.807, 2.05) is 0 Å². The fourth-order valence-corrected chi connectivity index (χ4v) is 1.28. The molecule has 0 fully saturated rings. The lowest BCUT2D eigenvalue weighted by molar-refractivity contribution is -0.135. The molecule has 0 heterocycles. The summed E-state index contributed by atoms with van der Waals surface area (Å²) >= 11 is 0. The van der Waals surface area contributed by atoms with Gasteiger partial charge in [0.1, 0.15) is 0 Å². The Morgan fingerprint density at radius 3 is 2.44 bits per heavy atom. The normalized spacial score (nSPS) is 9.78. The number of carbonyl (C=O) groups is 3. The van der Waals surface area contributed by atoms with Gasteiger partial charge in [0.05, 0.1) is 24.3 Å². The summed E-state index contributed by atoms with van der Waals surface area (Å²) in [6.07, 6.45) is 0. The fraction of sp³-hybridized carbons (Fsp3) is 0.182. The van der Waals surface area contributed by atoms with Crippen molar-refractivity contribution >= 4 is 23.5 Å². The number of hydrogen-bond acceptors (Lipinski definition) is 4. The number of carboxylic acids is 1. The van der Waals surface area contributed by atoms with Crippen LogP contribution in [0, 0.1) is 0 Å². The zero-order valence-corrected chi connectivity index (χ0v) is 9.47. The third-order valence-electron chi connectivity index (χ3n) is 2.03. The molecule has 0 spiro atoms. The third-order valence-corrected chi connectivity index (χ3v) is 2.03. The number of primary amides is 1. The number of carbonyl (C=O) groups excluding carboxylic acids is 2. The van der Waals surface area contributed by atoms with Crippen molar-refractivity contribution in [2.75, 3.05) is 18.4 Å². The van der Waals surface area contributed by atoms with Crippen LogP contribution < -0.4 is 16.4 Å². The second-order valence-corrected chi connectivity index (χ2v) is 3.46. The molecule has 0 unspecified atom stereocenters. The molecule has 7 nitrogen and oxygen atoms in total. The van der Waals surface area contributed by atoms with Gasteiger partial charge in [-0.1, -0.05) is 12.1 Å². The monoisotopic (exact) mass is 251 g/mol. The fourth-order valence-electron chi connectivity index (χ4n) is 1.28. The van der Waals surface area contributed by atoms with Crippen molar-refractivity contribution in [3.63, 3.8) is 0 Å². The average Bonchev–Trinajstić information content (AvgIpc) is 2.28. The summed E-state index contributed by atoms with van der Waals surface area (Å²) in [6.45, 7) is -0.482. The molecule has 0 saturated carbocycles. The Morgan fingerprint density at radius 1 is 1.17 bits per heavy atom. The zero-order valence-electron chi connectivity index (χ0n) is 9.47. The molecule has 0 aliphatic carbocycles. The van der Waals surface area contributed by atoms with Gasteiger partial charge in [0.25, 0.3) is 5.91 Å². The molecule has 0 aliphatic rings. The molecule has 0 aromatic heterocycles. The molecule has 0 saturated heterocycles. The second kappa shape index (κ2) is 6.36. The maximum absolute atomic E-state index is 11.5. The van der Waals surface area contributed by atoms with Crippen molar-refractivity contribution in [2.45, 2.75) is 0 Å². The van der Waals surface area contributed by atoms with Crippen LogP contribution in [0.4, 0.5) is 5.69 Å². The Bertz CT molecular complexity index is 473. The Morgan fingerprint density at radius 2 is 1.83 bits per heavy atom. The molecule has 1 rings (SSSR count). The van der Waals surface area contributed by atoms with Crippen molar-refractivity contribution in [1.82, 2.24) is 5.32 Å². The first-order valence-electron chi connectivity index (χ1n) is 5.12. The standard InChI is InChI=1S/C11H13N3O4/c12-11(18)7-3-1-2-4-8(7)14-9(15)5-13-6-10(16)17/h1-4,13H,5-6H2,(H2,12,18)(H,14,15)(H,16,17). The second-order valence-electron chi connectivity index (χ2n) is 3.46. The number of para-hydroxylation sites is 1. The minimum atomic E-state index is -1.06. The van der Waals surface area contributed by atoms with Crippen molar-refractivity contribution < 1.29 is 19.5 Å². The van der Waals surface area contributed by atoms with E-state index in [2.05, 4.69) is 10.6 Å². The molecule has 18 heavy (non-hydrogen) atoms. The average molecular weight is 251 g/mol. The Labute approximate surface area is 103 Å². The summed E-state index contributed by atoms with van der Waals surface area (Å²) in [5.74, 6) is -2.16. The van der Waals surface area contributed by atoms with E-state index in [0.29, 0.717) is 5.69 Å². The highest BCUT2D eigenvalue weighted by atomic mass is 16.4. The van der Waals surface area contributed by atoms with Crippen LogP contribution in [0.15, 0.2) is 24.3 Å². The van der Waals surface area contributed by atoms with Gasteiger partial charge in [-0.05, 0) is 12.1 Å². The number of anilines is 1. The van der Waals surface area contributed by atoms with Gasteiger partial charge in [-0.25, -0.2) is 0 Å². The first-order chi connectivity index (χ1) is 8.50. The predicted molar refractivity (Wildman–Crippen MR) is 64.1 cm³/mol. The first kappa shape index (κ1) is 13.7. The van der Waals surface area contributed by atoms with E-state index in [9.17, 15) is 14.4 Å². The lowest BCUT2D eigenvalue weighted by Gasteiger charge is -2.08. The maximum atomic E-state index is 11.5. The molecule has 0 atom stereocenters. The van der Waals surface area contributed by atoms with Gasteiger partial charge in [0.15, 0.2) is 0 Å². The number of hydrogen-bond donors (Lipinski definition) is 4. The summed E-state index contributed by atoms with van der Waals surface area (Å²) in [5.41, 5.74) is 5.64. The van der Waals surface area contributed by atoms with Gasteiger partial charge in [-0.3, -0.25) is 19.7 Å². The molecule has 7 heteroatoms. The van der Waals surface area contributed by atoms with E-state index in [0.717, 1.165) is 0 Å². The van der Waals surface area contributed by atoms with Crippen molar-refractivity contribution in [3.05, 3.63) is 29.8 Å². The number of aliphatic carboxylic acids is 1. The van der Waals surface area contributed by atoms with Crippen LogP contribution in [-0.2, 0) is 9.59 Å². The highest BCUT2D eigenvalue weighted by molar-refractivity contribution is 6.03. The van der Waals surface area contributed by atoms with Gasteiger partial charge in [-0.2, -0.15) is 0 Å². The minimum Gasteiger partial charge on any atom is -0.480 e. The topological polar surface area (TPSA) is 122 Å². The van der Waals surface area contributed by atoms with Gasteiger partial charge in [0.2, 0.25) is 5.91 Å². The maximum Gasteiger partial charge on any atom is 0.317 e. The molecular formula is C11H13N3O4. The van der Waals surface area contributed by atoms with Crippen LogP contribution in [0.1, 0.15) is 10.4 Å². The van der Waals surface area contributed by atoms with E-state index in [-0.39, 0.29) is 18.7 Å². The van der Waals surface area contributed by atoms with E-state index < -0.39 is 17.8 Å². The van der Waals surface area contributed by atoms with Crippen molar-refractivity contribution in [2.24, 2.45) is 5.73 Å². The molecule has 96 valence electrons. The van der Waals surface area contributed by atoms with Crippen molar-refractivity contribution in [1.29, 1.82) is 0 Å². The lowest BCUT2D eigenvalue weighted by Crippen LogP contribution is -2.32.